The quantitative estimate of drug-likeness (QED) is 0.288. The Bertz CT molecular complexity index is 1080. The number of benzene rings is 1. The molecule has 1 aromatic carbocycles. The van der Waals surface area contributed by atoms with Crippen LogP contribution in [0.4, 0.5) is 20.7 Å². The summed E-state index contributed by atoms with van der Waals surface area (Å²) in [4.78, 5) is 32.1. The van der Waals surface area contributed by atoms with E-state index in [4.69, 9.17) is 0 Å². The van der Waals surface area contributed by atoms with Crippen molar-refractivity contribution in [2.45, 2.75) is 37.3 Å². The minimum Gasteiger partial charge on any atom is -0.297 e. The number of aryl methyl sites for hydroxylation is 1. The molecule has 6 nitrogen and oxygen atoms in total. The average Bonchev–Trinajstić information content (AvgIpc) is 3.07. The van der Waals surface area contributed by atoms with E-state index in [-0.39, 0.29) is 18.5 Å². The summed E-state index contributed by atoms with van der Waals surface area (Å²) in [5.74, 6) is 1.06. The van der Waals surface area contributed by atoms with Crippen molar-refractivity contribution in [2.75, 3.05) is 29.7 Å². The van der Waals surface area contributed by atoms with Gasteiger partial charge in [-0.05, 0) is 56.7 Å². The van der Waals surface area contributed by atoms with E-state index >= 15 is 0 Å². The number of halogens is 2. The molecule has 0 atom stereocenters. The van der Waals surface area contributed by atoms with Crippen molar-refractivity contribution < 1.29 is 9.18 Å². The summed E-state index contributed by atoms with van der Waals surface area (Å²) in [7, 11) is 1.66. The highest BCUT2D eigenvalue weighted by molar-refractivity contribution is 9.10. The van der Waals surface area contributed by atoms with Crippen LogP contribution in [-0.4, -0.2) is 35.1 Å². The molecule has 0 saturated carbocycles. The predicted molar refractivity (Wildman–Crippen MR) is 130 cm³/mol. The SMILES string of the molecule is Cc1sc(SCCCCCF)c2c(NC(=O)N(C)c3ccc(Br)cc3)nc(=O)n-2c1C. The van der Waals surface area contributed by atoms with E-state index < -0.39 is 5.69 Å². The number of amides is 2. The van der Waals surface area contributed by atoms with Crippen LogP contribution < -0.4 is 15.9 Å². The normalized spacial score (nSPS) is 11.1. The van der Waals surface area contributed by atoms with Crippen molar-refractivity contribution in [3.63, 3.8) is 0 Å². The fourth-order valence-corrected chi connectivity index (χ4v) is 5.79. The molecule has 31 heavy (non-hydrogen) atoms. The third-order valence-corrected chi connectivity index (χ3v) is 7.95. The maximum absolute atomic E-state index is 12.9. The monoisotopic (exact) mass is 526 g/mol. The minimum atomic E-state index is -0.413. The van der Waals surface area contributed by atoms with Gasteiger partial charge in [0, 0.05) is 27.8 Å². The molecule has 0 bridgehead atoms. The summed E-state index contributed by atoms with van der Waals surface area (Å²) in [5.41, 5.74) is 1.72. The van der Waals surface area contributed by atoms with Crippen LogP contribution in [0.25, 0.3) is 5.69 Å². The number of hydrogen-bond acceptors (Lipinski definition) is 5. The standard InChI is InChI=1S/C21H24BrFN4O2S2/c1-13-14(2)31-19(30-12-6-4-5-11-23)17-18(25-21(29)27(13)17)24-20(28)26(3)16-9-7-15(22)8-10-16/h7-10H,4-6,11-12H2,1-3H3,(H,24,25,28,29). The summed E-state index contributed by atoms with van der Waals surface area (Å²) in [5, 5.41) is 2.80. The number of carbonyl (C=O) groups excluding carboxylic acids is 1. The van der Waals surface area contributed by atoms with Gasteiger partial charge in [-0.2, -0.15) is 4.98 Å². The van der Waals surface area contributed by atoms with Crippen LogP contribution in [0.3, 0.4) is 0 Å². The van der Waals surface area contributed by atoms with Crippen LogP contribution in [0.2, 0.25) is 0 Å². The van der Waals surface area contributed by atoms with Crippen molar-refractivity contribution in [1.29, 1.82) is 0 Å². The first-order chi connectivity index (χ1) is 14.8. The summed E-state index contributed by atoms with van der Waals surface area (Å²) < 4.78 is 15.7. The van der Waals surface area contributed by atoms with Gasteiger partial charge in [0.05, 0.1) is 10.9 Å². The minimum absolute atomic E-state index is 0.254. The number of nitrogens with one attached hydrogen (secondary N) is 1. The van der Waals surface area contributed by atoms with Crippen molar-refractivity contribution in [2.24, 2.45) is 0 Å². The Labute approximate surface area is 197 Å². The summed E-state index contributed by atoms with van der Waals surface area (Å²) in [6.07, 6.45) is 2.27. The largest absolute Gasteiger partial charge is 0.354 e. The lowest BCUT2D eigenvalue weighted by atomic mass is 10.3. The highest BCUT2D eigenvalue weighted by atomic mass is 79.9. The zero-order chi connectivity index (χ0) is 22.5. The number of imidazole rings is 1. The van der Waals surface area contributed by atoms with Gasteiger partial charge in [0.2, 0.25) is 0 Å². The first-order valence-electron chi connectivity index (χ1n) is 9.85. The zero-order valence-electron chi connectivity index (χ0n) is 17.6. The van der Waals surface area contributed by atoms with Crippen molar-refractivity contribution in [1.82, 2.24) is 9.55 Å². The molecular formula is C21H24BrFN4O2S2. The highest BCUT2D eigenvalue weighted by Crippen LogP contribution is 2.38. The molecule has 2 amide bonds. The van der Waals surface area contributed by atoms with Crippen LogP contribution >= 0.6 is 39.0 Å². The molecule has 0 saturated heterocycles. The second-order valence-electron chi connectivity index (χ2n) is 7.02. The van der Waals surface area contributed by atoms with Gasteiger partial charge in [0.15, 0.2) is 5.82 Å². The molecular weight excluding hydrogens is 503 g/mol. The number of thioether (sulfide) groups is 1. The van der Waals surface area contributed by atoms with Crippen LogP contribution in [-0.2, 0) is 0 Å². The first kappa shape index (κ1) is 23.7. The fraction of sp³-hybridized carbons (Fsp3) is 0.381. The molecule has 2 aliphatic rings. The third kappa shape index (κ3) is 5.48. The Hall–Kier alpha value is -1.91. The Balaban J connectivity index is 1.88. The van der Waals surface area contributed by atoms with E-state index in [1.165, 1.54) is 4.90 Å². The van der Waals surface area contributed by atoms with Gasteiger partial charge >= 0.3 is 11.7 Å². The maximum Gasteiger partial charge on any atom is 0.354 e. The Morgan fingerprint density at radius 2 is 1.97 bits per heavy atom. The predicted octanol–water partition coefficient (Wildman–Crippen LogP) is 6.01. The van der Waals surface area contributed by atoms with Gasteiger partial charge in [-0.3, -0.25) is 19.2 Å². The molecule has 2 aliphatic heterocycles. The van der Waals surface area contributed by atoms with Crippen LogP contribution in [0.1, 0.15) is 29.8 Å². The van der Waals surface area contributed by atoms with Crippen LogP contribution in [0.15, 0.2) is 37.7 Å². The molecule has 3 rings (SSSR count). The maximum atomic E-state index is 12.9. The van der Waals surface area contributed by atoms with Gasteiger partial charge in [-0.1, -0.05) is 22.4 Å². The Morgan fingerprint density at radius 3 is 2.65 bits per heavy atom. The molecule has 0 unspecified atom stereocenters. The number of hydrogen-bond donors (Lipinski definition) is 1. The molecule has 1 aromatic rings. The number of nitrogens with zero attached hydrogens (tertiary/aromatic N) is 3. The molecule has 10 heteroatoms. The topological polar surface area (TPSA) is 67.2 Å². The third-order valence-electron chi connectivity index (χ3n) is 4.89. The lowest BCUT2D eigenvalue weighted by Gasteiger charge is -2.19. The molecule has 0 spiro atoms. The number of alkyl halides is 1. The fourth-order valence-electron chi connectivity index (χ4n) is 3.01. The number of carbonyl (C=O) groups is 1. The van der Waals surface area contributed by atoms with Gasteiger partial charge in [0.1, 0.15) is 5.69 Å². The van der Waals surface area contributed by atoms with Gasteiger partial charge in [-0.25, -0.2) is 9.59 Å². The van der Waals surface area contributed by atoms with Crippen molar-refractivity contribution in [3.8, 4) is 5.69 Å². The Kier molecular flexibility index (Phi) is 8.12. The lowest BCUT2D eigenvalue weighted by Crippen LogP contribution is -2.31. The van der Waals surface area contributed by atoms with E-state index in [1.807, 2.05) is 38.1 Å². The Morgan fingerprint density at radius 1 is 1.26 bits per heavy atom. The van der Waals surface area contributed by atoms with Gasteiger partial charge < -0.3 is 0 Å². The van der Waals surface area contributed by atoms with Crippen molar-refractivity contribution >= 4 is 56.6 Å². The van der Waals surface area contributed by atoms with Crippen LogP contribution in [0.5, 0.6) is 0 Å². The summed E-state index contributed by atoms with van der Waals surface area (Å²) in [6.45, 7) is 3.54. The zero-order valence-corrected chi connectivity index (χ0v) is 20.8. The van der Waals surface area contributed by atoms with E-state index in [9.17, 15) is 14.0 Å². The number of urea groups is 1. The number of anilines is 2. The van der Waals surface area contributed by atoms with E-state index in [2.05, 4.69) is 26.2 Å². The van der Waals surface area contributed by atoms with E-state index in [0.29, 0.717) is 17.8 Å². The van der Waals surface area contributed by atoms with Crippen molar-refractivity contribution in [3.05, 3.63) is 49.8 Å². The first-order valence-corrected chi connectivity index (χ1v) is 12.4. The summed E-state index contributed by atoms with van der Waals surface area (Å²) in [6, 6.07) is 6.97. The average molecular weight is 527 g/mol. The molecule has 0 aromatic heterocycles. The molecule has 0 fully saturated rings. The van der Waals surface area contributed by atoms with Gasteiger partial charge in [0.25, 0.3) is 0 Å². The molecule has 0 radical (unpaired) electrons. The molecule has 0 aliphatic carbocycles. The number of aromatic nitrogens is 2. The van der Waals surface area contributed by atoms with E-state index in [0.717, 1.165) is 37.8 Å². The lowest BCUT2D eigenvalue weighted by molar-refractivity contribution is 0.258. The van der Waals surface area contributed by atoms with E-state index in [1.54, 1.807) is 34.7 Å². The number of rotatable bonds is 8. The number of unbranched alkanes of at least 4 members (excludes halogenated alkanes) is 2. The van der Waals surface area contributed by atoms with Gasteiger partial charge in [-0.15, -0.1) is 23.1 Å². The van der Waals surface area contributed by atoms with Crippen LogP contribution in [0, 0.1) is 13.8 Å². The smallest absolute Gasteiger partial charge is 0.297 e. The highest BCUT2D eigenvalue weighted by Gasteiger charge is 2.25. The summed E-state index contributed by atoms with van der Waals surface area (Å²) >= 11 is 6.57. The second kappa shape index (κ2) is 10.6. The number of fused-ring (bicyclic) bond motifs is 1. The molecule has 166 valence electrons. The second-order valence-corrected chi connectivity index (χ2v) is 10.5. The molecule has 1 N–H and O–H groups in total. The molecule has 2 heterocycles.